The van der Waals surface area contributed by atoms with E-state index in [0.29, 0.717) is 0 Å². The van der Waals surface area contributed by atoms with Crippen molar-refractivity contribution in [2.45, 2.75) is 0 Å². The van der Waals surface area contributed by atoms with Crippen LogP contribution in [0.25, 0.3) is 78.8 Å². The predicted molar refractivity (Wildman–Crippen MR) is 191 cm³/mol. The van der Waals surface area contributed by atoms with E-state index in [9.17, 15) is 0 Å². The fourth-order valence-electron chi connectivity index (χ4n) is 5.75. The smallest absolute Gasteiger partial charge is 0.0900 e. The Kier molecular flexibility index (Phi) is 7.79. The fourth-order valence-corrected chi connectivity index (χ4v) is 5.75. The van der Waals surface area contributed by atoms with Crippen molar-refractivity contribution in [2.75, 3.05) is 0 Å². The maximum absolute atomic E-state index is 4.93. The molecule has 0 amide bonds. The molecule has 0 atom stereocenters. The van der Waals surface area contributed by atoms with Crippen LogP contribution in [0.3, 0.4) is 0 Å². The van der Waals surface area contributed by atoms with E-state index in [1.54, 1.807) is 18.6 Å². The Morgan fingerprint density at radius 2 is 0.625 bits per heavy atom. The molecule has 0 aliphatic rings. The maximum Gasteiger partial charge on any atom is 0.0900 e. The average Bonchev–Trinajstić information content (AvgIpc) is 3.19. The molecule has 0 aliphatic heterocycles. The lowest BCUT2D eigenvalue weighted by atomic mass is 9.93. The summed E-state index contributed by atoms with van der Waals surface area (Å²) >= 11 is 0. The summed E-state index contributed by atoms with van der Waals surface area (Å²) in [6.45, 7) is 0. The number of hydrogen-bond donors (Lipinski definition) is 0. The van der Waals surface area contributed by atoms with Crippen molar-refractivity contribution in [2.24, 2.45) is 0 Å². The van der Waals surface area contributed by atoms with Crippen LogP contribution >= 0.6 is 0 Å². The first-order valence-corrected chi connectivity index (χ1v) is 15.7. The standard InChI is InChI=1S/C42H28N6/c1-5-18-43-36(9-1)35-24-32(23-33(25-35)31-17-22-47-40(26-31)37-10-2-6-19-44-37)29-13-15-30(16-14-29)34-27-41(38-11-3-7-20-45-38)48-42(28-34)39-12-4-8-21-46-39/h1-28H. The zero-order valence-corrected chi connectivity index (χ0v) is 25.8. The number of benzene rings is 2. The van der Waals surface area contributed by atoms with E-state index in [-0.39, 0.29) is 0 Å². The molecule has 226 valence electrons. The van der Waals surface area contributed by atoms with Crippen LogP contribution in [0.5, 0.6) is 0 Å². The first kappa shape index (κ1) is 28.8. The molecule has 0 aliphatic carbocycles. The van der Waals surface area contributed by atoms with Gasteiger partial charge in [0.2, 0.25) is 0 Å². The molecule has 0 N–H and O–H groups in total. The minimum atomic E-state index is 0.799. The van der Waals surface area contributed by atoms with Gasteiger partial charge >= 0.3 is 0 Å². The first-order chi connectivity index (χ1) is 23.8. The van der Waals surface area contributed by atoms with Gasteiger partial charge in [0, 0.05) is 36.5 Å². The third kappa shape index (κ3) is 6.10. The average molecular weight is 617 g/mol. The Morgan fingerprint density at radius 1 is 0.229 bits per heavy atom. The van der Waals surface area contributed by atoms with E-state index < -0.39 is 0 Å². The van der Waals surface area contributed by atoms with Crippen molar-refractivity contribution < 1.29 is 0 Å². The zero-order valence-electron chi connectivity index (χ0n) is 25.8. The summed E-state index contributed by atoms with van der Waals surface area (Å²) in [5.41, 5.74) is 13.3. The number of rotatable bonds is 7. The summed E-state index contributed by atoms with van der Waals surface area (Å²) < 4.78 is 0. The normalized spacial score (nSPS) is 10.9. The minimum Gasteiger partial charge on any atom is -0.256 e. The highest BCUT2D eigenvalue weighted by Crippen LogP contribution is 2.35. The molecule has 0 saturated carbocycles. The van der Waals surface area contributed by atoms with Crippen molar-refractivity contribution in [1.82, 2.24) is 29.9 Å². The lowest BCUT2D eigenvalue weighted by Crippen LogP contribution is -1.94. The summed E-state index contributed by atoms with van der Waals surface area (Å²) in [5.74, 6) is 0. The molecule has 0 saturated heterocycles. The Morgan fingerprint density at radius 3 is 1.12 bits per heavy atom. The van der Waals surface area contributed by atoms with E-state index in [0.717, 1.165) is 78.8 Å². The second-order valence-electron chi connectivity index (χ2n) is 11.3. The molecule has 8 rings (SSSR count). The van der Waals surface area contributed by atoms with Crippen LogP contribution in [0.4, 0.5) is 0 Å². The van der Waals surface area contributed by atoms with E-state index in [4.69, 9.17) is 4.98 Å². The molecule has 0 fully saturated rings. The number of pyridine rings is 6. The monoisotopic (exact) mass is 616 g/mol. The Bertz CT molecular complexity index is 2250. The van der Waals surface area contributed by atoms with Gasteiger partial charge in [-0.1, -0.05) is 48.5 Å². The third-order valence-corrected chi connectivity index (χ3v) is 8.15. The first-order valence-electron chi connectivity index (χ1n) is 15.7. The highest BCUT2D eigenvalue weighted by molar-refractivity contribution is 5.82. The molecule has 2 aromatic carbocycles. The van der Waals surface area contributed by atoms with Crippen molar-refractivity contribution >= 4 is 0 Å². The van der Waals surface area contributed by atoms with Gasteiger partial charge in [0.15, 0.2) is 0 Å². The van der Waals surface area contributed by atoms with Crippen LogP contribution in [0.1, 0.15) is 0 Å². The van der Waals surface area contributed by atoms with E-state index >= 15 is 0 Å². The third-order valence-electron chi connectivity index (χ3n) is 8.15. The van der Waals surface area contributed by atoms with Gasteiger partial charge < -0.3 is 0 Å². The van der Waals surface area contributed by atoms with Gasteiger partial charge in [-0.3, -0.25) is 24.9 Å². The molecule has 0 unspecified atom stereocenters. The van der Waals surface area contributed by atoms with E-state index in [2.05, 4.69) is 85.6 Å². The highest BCUT2D eigenvalue weighted by Gasteiger charge is 2.13. The number of nitrogens with zero attached hydrogens (tertiary/aromatic N) is 6. The quantitative estimate of drug-likeness (QED) is 0.177. The zero-order chi connectivity index (χ0) is 32.1. The molecule has 6 nitrogen and oxygen atoms in total. The summed E-state index contributed by atoms with van der Waals surface area (Å²) in [4.78, 5) is 27.8. The van der Waals surface area contributed by atoms with Gasteiger partial charge in [-0.05, 0) is 124 Å². The van der Waals surface area contributed by atoms with Gasteiger partial charge in [-0.25, -0.2) is 4.98 Å². The Labute approximate surface area is 278 Å². The topological polar surface area (TPSA) is 77.3 Å². The van der Waals surface area contributed by atoms with Gasteiger partial charge in [-0.2, -0.15) is 0 Å². The molecule has 0 bridgehead atoms. The van der Waals surface area contributed by atoms with E-state index in [1.165, 1.54) is 0 Å². The van der Waals surface area contributed by atoms with Crippen LogP contribution in [-0.2, 0) is 0 Å². The van der Waals surface area contributed by atoms with Gasteiger partial charge in [0.1, 0.15) is 0 Å². The van der Waals surface area contributed by atoms with Gasteiger partial charge in [0.05, 0.1) is 39.9 Å². The van der Waals surface area contributed by atoms with Crippen LogP contribution in [-0.4, -0.2) is 29.9 Å². The second-order valence-corrected chi connectivity index (χ2v) is 11.3. The van der Waals surface area contributed by atoms with Gasteiger partial charge in [0.25, 0.3) is 0 Å². The second kappa shape index (κ2) is 13.0. The molecular formula is C42H28N6. The molecule has 8 aromatic rings. The summed E-state index contributed by atoms with van der Waals surface area (Å²) in [5, 5.41) is 0. The van der Waals surface area contributed by atoms with Crippen LogP contribution in [0, 0.1) is 0 Å². The molecular weight excluding hydrogens is 589 g/mol. The Balaban J connectivity index is 1.20. The van der Waals surface area contributed by atoms with Crippen molar-refractivity contribution in [1.29, 1.82) is 0 Å². The number of hydrogen-bond acceptors (Lipinski definition) is 6. The van der Waals surface area contributed by atoms with Crippen LogP contribution in [0.15, 0.2) is 171 Å². The lowest BCUT2D eigenvalue weighted by Gasteiger charge is -2.13. The van der Waals surface area contributed by atoms with Gasteiger partial charge in [-0.15, -0.1) is 0 Å². The molecule has 48 heavy (non-hydrogen) atoms. The summed E-state index contributed by atoms with van der Waals surface area (Å²) in [6.07, 6.45) is 9.04. The highest BCUT2D eigenvalue weighted by atomic mass is 14.8. The maximum atomic E-state index is 4.93. The minimum absolute atomic E-state index is 0.799. The number of aromatic nitrogens is 6. The molecule has 0 spiro atoms. The van der Waals surface area contributed by atoms with Crippen LogP contribution in [0.2, 0.25) is 0 Å². The SMILES string of the molecule is c1ccc(-c2cc(-c3ccc(-c4cc(-c5ccccn5)nc(-c5ccccn5)c4)cc3)cc(-c3ccnc(-c4ccccn4)c3)c2)nc1. The molecule has 0 radical (unpaired) electrons. The van der Waals surface area contributed by atoms with Crippen molar-refractivity contribution in [3.05, 3.63) is 171 Å². The fraction of sp³-hybridized carbons (Fsp3) is 0. The summed E-state index contributed by atoms with van der Waals surface area (Å²) in [6, 6.07) is 47.2. The summed E-state index contributed by atoms with van der Waals surface area (Å²) in [7, 11) is 0. The largest absolute Gasteiger partial charge is 0.256 e. The lowest BCUT2D eigenvalue weighted by molar-refractivity contribution is 1.22. The molecule has 6 heterocycles. The van der Waals surface area contributed by atoms with Crippen molar-refractivity contribution in [3.8, 4) is 78.8 Å². The Hall–Kier alpha value is -6.66. The van der Waals surface area contributed by atoms with Crippen LogP contribution < -0.4 is 0 Å². The van der Waals surface area contributed by atoms with Crippen molar-refractivity contribution in [3.63, 3.8) is 0 Å². The molecule has 6 aromatic heterocycles. The predicted octanol–water partition coefficient (Wildman–Crippen LogP) is 9.73. The van der Waals surface area contributed by atoms with E-state index in [1.807, 2.05) is 91.3 Å². The molecule has 6 heteroatoms.